The Kier molecular flexibility index (Phi) is 7.00. The molecular formula is C17H25BrO3. The number of benzene rings is 1. The lowest BCUT2D eigenvalue weighted by molar-refractivity contribution is 0.0986. The van der Waals surface area contributed by atoms with Crippen LogP contribution in [0, 0.1) is 5.92 Å². The Morgan fingerprint density at radius 1 is 1.19 bits per heavy atom. The molecule has 0 radical (unpaired) electrons. The Hall–Kier alpha value is -0.580. The Bertz CT molecular complexity index is 428. The molecule has 1 unspecified atom stereocenters. The van der Waals surface area contributed by atoms with Gasteiger partial charge in [-0.1, -0.05) is 31.7 Å². The highest BCUT2D eigenvalue weighted by Gasteiger charge is 2.22. The van der Waals surface area contributed by atoms with E-state index in [1.807, 2.05) is 18.2 Å². The van der Waals surface area contributed by atoms with Crippen LogP contribution in [0.15, 0.2) is 22.7 Å². The highest BCUT2D eigenvalue weighted by molar-refractivity contribution is 9.10. The molecule has 1 aliphatic carbocycles. The van der Waals surface area contributed by atoms with Crippen molar-refractivity contribution in [2.75, 3.05) is 20.3 Å². The first-order chi connectivity index (χ1) is 10.2. The lowest BCUT2D eigenvalue weighted by atomic mass is 9.89. The molecule has 1 atom stereocenters. The molecule has 0 bridgehead atoms. The van der Waals surface area contributed by atoms with Gasteiger partial charge in [-0.05, 0) is 52.4 Å². The third kappa shape index (κ3) is 4.97. The second-order valence-corrected chi connectivity index (χ2v) is 6.58. The van der Waals surface area contributed by atoms with E-state index in [4.69, 9.17) is 9.47 Å². The van der Waals surface area contributed by atoms with Crippen molar-refractivity contribution >= 4 is 15.9 Å². The first kappa shape index (κ1) is 16.8. The van der Waals surface area contributed by atoms with Crippen molar-refractivity contribution in [3.05, 3.63) is 28.2 Å². The van der Waals surface area contributed by atoms with Crippen LogP contribution in [-0.4, -0.2) is 25.4 Å². The fraction of sp³-hybridized carbons (Fsp3) is 0.647. The monoisotopic (exact) mass is 356 g/mol. The normalized spacial score (nSPS) is 18.2. The minimum absolute atomic E-state index is 0.368. The van der Waals surface area contributed by atoms with E-state index in [9.17, 15) is 5.11 Å². The van der Waals surface area contributed by atoms with Crippen LogP contribution in [0.1, 0.15) is 50.2 Å². The number of ether oxygens (including phenoxy) is 2. The summed E-state index contributed by atoms with van der Waals surface area (Å²) in [7, 11) is 1.66. The van der Waals surface area contributed by atoms with E-state index in [-0.39, 0.29) is 6.10 Å². The molecule has 0 aromatic heterocycles. The number of aliphatic hydroxyl groups excluding tert-OH is 1. The molecular weight excluding hydrogens is 332 g/mol. The van der Waals surface area contributed by atoms with Gasteiger partial charge in [0.15, 0.2) is 0 Å². The summed E-state index contributed by atoms with van der Waals surface area (Å²) in [6.45, 7) is 1.10. The number of aliphatic hydroxyl groups is 1. The van der Waals surface area contributed by atoms with E-state index in [2.05, 4.69) is 15.9 Å². The third-order valence-electron chi connectivity index (χ3n) is 4.19. The molecule has 21 heavy (non-hydrogen) atoms. The van der Waals surface area contributed by atoms with E-state index in [1.54, 1.807) is 7.11 Å². The fourth-order valence-electron chi connectivity index (χ4n) is 2.95. The molecule has 1 fully saturated rings. The van der Waals surface area contributed by atoms with E-state index in [0.717, 1.165) is 28.6 Å². The van der Waals surface area contributed by atoms with Gasteiger partial charge in [-0.3, -0.25) is 0 Å². The van der Waals surface area contributed by atoms with Crippen molar-refractivity contribution < 1.29 is 14.6 Å². The predicted molar refractivity (Wildman–Crippen MR) is 87.7 cm³/mol. The van der Waals surface area contributed by atoms with Gasteiger partial charge in [-0.25, -0.2) is 0 Å². The molecule has 0 aliphatic heterocycles. The van der Waals surface area contributed by atoms with Crippen LogP contribution in [0.2, 0.25) is 0 Å². The Balaban J connectivity index is 2.00. The van der Waals surface area contributed by atoms with Gasteiger partial charge in [-0.2, -0.15) is 0 Å². The number of methoxy groups -OCH3 is 1. The van der Waals surface area contributed by atoms with Crippen LogP contribution in [0.5, 0.6) is 5.75 Å². The Morgan fingerprint density at radius 3 is 2.52 bits per heavy atom. The SMILES string of the molecule is COCCOc1ccc(C(O)C2CCCCCC2)cc1Br. The number of hydrogen-bond donors (Lipinski definition) is 1. The summed E-state index contributed by atoms with van der Waals surface area (Å²) in [5.41, 5.74) is 0.980. The molecule has 118 valence electrons. The van der Waals surface area contributed by atoms with Crippen LogP contribution < -0.4 is 4.74 Å². The highest BCUT2D eigenvalue weighted by Crippen LogP contribution is 2.36. The molecule has 1 N–H and O–H groups in total. The lowest BCUT2D eigenvalue weighted by Gasteiger charge is -2.22. The zero-order valence-corrected chi connectivity index (χ0v) is 14.3. The molecule has 1 aromatic rings. The van der Waals surface area contributed by atoms with Gasteiger partial charge in [0.1, 0.15) is 12.4 Å². The largest absolute Gasteiger partial charge is 0.490 e. The number of rotatable bonds is 6. The van der Waals surface area contributed by atoms with Gasteiger partial charge < -0.3 is 14.6 Å². The zero-order chi connectivity index (χ0) is 15.1. The van der Waals surface area contributed by atoms with Gasteiger partial charge in [0.25, 0.3) is 0 Å². The van der Waals surface area contributed by atoms with Crippen LogP contribution >= 0.6 is 15.9 Å². The fourth-order valence-corrected chi connectivity index (χ4v) is 3.46. The lowest BCUT2D eigenvalue weighted by Crippen LogP contribution is -2.12. The molecule has 0 heterocycles. The van der Waals surface area contributed by atoms with E-state index >= 15 is 0 Å². The average Bonchev–Trinajstić information content (AvgIpc) is 2.77. The molecule has 2 rings (SSSR count). The maximum Gasteiger partial charge on any atom is 0.133 e. The molecule has 3 nitrogen and oxygen atoms in total. The second kappa shape index (κ2) is 8.76. The summed E-state index contributed by atoms with van der Waals surface area (Å²) in [6, 6.07) is 5.88. The van der Waals surface area contributed by atoms with Crippen LogP contribution in [-0.2, 0) is 4.74 Å². The van der Waals surface area contributed by atoms with Gasteiger partial charge in [-0.15, -0.1) is 0 Å². The van der Waals surface area contributed by atoms with Gasteiger partial charge in [0.05, 0.1) is 17.2 Å². The van der Waals surface area contributed by atoms with Crippen molar-refractivity contribution in [1.82, 2.24) is 0 Å². The van der Waals surface area contributed by atoms with E-state index in [0.29, 0.717) is 19.1 Å². The van der Waals surface area contributed by atoms with Crippen LogP contribution in [0.25, 0.3) is 0 Å². The standard InChI is InChI=1S/C17H25BrO3/c1-20-10-11-21-16-9-8-14(12-15(16)18)17(19)13-6-4-2-3-5-7-13/h8-9,12-13,17,19H,2-7,10-11H2,1H3. The summed E-state index contributed by atoms with van der Waals surface area (Å²) in [5, 5.41) is 10.6. The summed E-state index contributed by atoms with van der Waals surface area (Å²) >= 11 is 3.53. The Morgan fingerprint density at radius 2 is 1.90 bits per heavy atom. The van der Waals surface area contributed by atoms with Gasteiger partial charge in [0.2, 0.25) is 0 Å². The predicted octanol–water partition coefficient (Wildman–Crippen LogP) is 4.48. The smallest absolute Gasteiger partial charge is 0.133 e. The zero-order valence-electron chi connectivity index (χ0n) is 12.7. The molecule has 0 saturated heterocycles. The topological polar surface area (TPSA) is 38.7 Å². The molecule has 0 spiro atoms. The van der Waals surface area contributed by atoms with Crippen molar-refractivity contribution in [3.8, 4) is 5.75 Å². The number of halogens is 1. The first-order valence-corrected chi connectivity index (χ1v) is 8.61. The third-order valence-corrected chi connectivity index (χ3v) is 4.81. The van der Waals surface area contributed by atoms with Gasteiger partial charge >= 0.3 is 0 Å². The average molecular weight is 357 g/mol. The minimum Gasteiger partial charge on any atom is -0.490 e. The molecule has 1 saturated carbocycles. The second-order valence-electron chi connectivity index (χ2n) is 5.73. The quantitative estimate of drug-likeness (QED) is 0.603. The highest BCUT2D eigenvalue weighted by atomic mass is 79.9. The molecule has 1 aromatic carbocycles. The van der Waals surface area contributed by atoms with Crippen molar-refractivity contribution in [2.24, 2.45) is 5.92 Å². The first-order valence-electron chi connectivity index (χ1n) is 7.81. The van der Waals surface area contributed by atoms with Crippen molar-refractivity contribution in [2.45, 2.75) is 44.6 Å². The molecule has 4 heteroatoms. The van der Waals surface area contributed by atoms with E-state index in [1.165, 1.54) is 25.7 Å². The molecule has 0 amide bonds. The van der Waals surface area contributed by atoms with E-state index < -0.39 is 0 Å². The Labute approximate surface area is 135 Å². The molecule has 1 aliphatic rings. The summed E-state index contributed by atoms with van der Waals surface area (Å²) in [6.07, 6.45) is 6.98. The van der Waals surface area contributed by atoms with Crippen LogP contribution in [0.3, 0.4) is 0 Å². The summed E-state index contributed by atoms with van der Waals surface area (Å²) in [4.78, 5) is 0. The summed E-state index contributed by atoms with van der Waals surface area (Å²) < 4.78 is 11.5. The van der Waals surface area contributed by atoms with Crippen molar-refractivity contribution in [3.63, 3.8) is 0 Å². The number of hydrogen-bond acceptors (Lipinski definition) is 3. The van der Waals surface area contributed by atoms with Gasteiger partial charge in [0, 0.05) is 7.11 Å². The van der Waals surface area contributed by atoms with Crippen LogP contribution in [0.4, 0.5) is 0 Å². The maximum atomic E-state index is 10.6. The maximum absolute atomic E-state index is 10.6. The minimum atomic E-state index is -0.368. The van der Waals surface area contributed by atoms with Crippen molar-refractivity contribution in [1.29, 1.82) is 0 Å². The summed E-state index contributed by atoms with van der Waals surface area (Å²) in [5.74, 6) is 1.18.